The van der Waals surface area contributed by atoms with Crippen LogP contribution in [0.4, 0.5) is 0 Å². The van der Waals surface area contributed by atoms with Gasteiger partial charge in [-0.05, 0) is 12.8 Å². The van der Waals surface area contributed by atoms with Crippen LogP contribution in [0.15, 0.2) is 0 Å². The first kappa shape index (κ1) is 10.7. The second-order valence-electron chi connectivity index (χ2n) is 3.71. The van der Waals surface area contributed by atoms with Crippen molar-refractivity contribution >= 4 is 5.91 Å². The smallest absolute Gasteiger partial charge is 0.220 e. The molecular weight excluding hydrogens is 180 g/mol. The normalized spacial score (nSPS) is 10.6. The average molecular weight is 196 g/mol. The lowest BCUT2D eigenvalue weighted by molar-refractivity contribution is -0.121. The Labute approximate surface area is 83.3 Å². The Morgan fingerprint density at radius 3 is 2.79 bits per heavy atom. The van der Waals surface area contributed by atoms with Crippen LogP contribution in [-0.4, -0.2) is 21.1 Å². The van der Waals surface area contributed by atoms with Gasteiger partial charge in [0.15, 0.2) is 5.82 Å². The predicted molar refractivity (Wildman–Crippen MR) is 52.4 cm³/mol. The lowest BCUT2D eigenvalue weighted by Crippen LogP contribution is -2.24. The summed E-state index contributed by atoms with van der Waals surface area (Å²) in [5.74, 6) is 1.81. The van der Waals surface area contributed by atoms with Crippen LogP contribution in [0.25, 0.3) is 0 Å². The van der Waals surface area contributed by atoms with E-state index in [1.807, 2.05) is 20.8 Å². The maximum Gasteiger partial charge on any atom is 0.220 e. The number of nitrogens with zero attached hydrogens (tertiary/aromatic N) is 2. The molecule has 0 aromatic carbocycles. The number of amides is 1. The highest BCUT2D eigenvalue weighted by Crippen LogP contribution is 1.98. The molecule has 0 unspecified atom stereocenters. The Hall–Kier alpha value is -1.39. The van der Waals surface area contributed by atoms with E-state index >= 15 is 0 Å². The van der Waals surface area contributed by atoms with Crippen molar-refractivity contribution in [2.24, 2.45) is 5.92 Å². The number of H-pyrrole nitrogens is 1. The quantitative estimate of drug-likeness (QED) is 0.747. The summed E-state index contributed by atoms with van der Waals surface area (Å²) in [6, 6.07) is 0. The van der Waals surface area contributed by atoms with Crippen LogP contribution in [0.3, 0.4) is 0 Å². The molecule has 2 N–H and O–H groups in total. The Morgan fingerprint density at radius 2 is 2.29 bits per heavy atom. The fraction of sp³-hybridized carbons (Fsp3) is 0.667. The Balaban J connectivity index is 2.30. The van der Waals surface area contributed by atoms with Crippen LogP contribution >= 0.6 is 0 Å². The number of aryl methyl sites for hydroxylation is 1. The molecule has 0 aliphatic heterocycles. The van der Waals surface area contributed by atoms with Gasteiger partial charge < -0.3 is 5.32 Å². The molecule has 0 saturated heterocycles. The maximum absolute atomic E-state index is 11.3. The summed E-state index contributed by atoms with van der Waals surface area (Å²) < 4.78 is 0. The topological polar surface area (TPSA) is 70.7 Å². The summed E-state index contributed by atoms with van der Waals surface area (Å²) >= 11 is 0. The van der Waals surface area contributed by atoms with E-state index in [1.165, 1.54) is 0 Å². The van der Waals surface area contributed by atoms with E-state index < -0.39 is 0 Å². The lowest BCUT2D eigenvalue weighted by Gasteiger charge is -2.04. The van der Waals surface area contributed by atoms with Crippen molar-refractivity contribution < 1.29 is 4.79 Å². The second-order valence-corrected chi connectivity index (χ2v) is 3.71. The molecule has 1 amide bonds. The van der Waals surface area contributed by atoms with Gasteiger partial charge in [-0.15, -0.1) is 0 Å². The molecule has 14 heavy (non-hydrogen) atoms. The lowest BCUT2D eigenvalue weighted by atomic mass is 10.1. The van der Waals surface area contributed by atoms with Crippen molar-refractivity contribution in [2.45, 2.75) is 33.7 Å². The Bertz CT molecular complexity index is 306. The molecular formula is C9H16N4O. The molecule has 1 rings (SSSR count). The van der Waals surface area contributed by atoms with Crippen LogP contribution in [0.2, 0.25) is 0 Å². The number of aromatic amines is 1. The highest BCUT2D eigenvalue weighted by atomic mass is 16.1. The van der Waals surface area contributed by atoms with Gasteiger partial charge in [0.25, 0.3) is 0 Å². The predicted octanol–water partition coefficient (Wildman–Crippen LogP) is 0.775. The summed E-state index contributed by atoms with van der Waals surface area (Å²) in [4.78, 5) is 15.3. The van der Waals surface area contributed by atoms with E-state index in [0.717, 1.165) is 5.82 Å². The number of hydrogen-bond acceptors (Lipinski definition) is 3. The van der Waals surface area contributed by atoms with Gasteiger partial charge in [-0.1, -0.05) is 13.8 Å². The number of nitrogens with one attached hydrogen (secondary N) is 2. The van der Waals surface area contributed by atoms with E-state index in [2.05, 4.69) is 20.5 Å². The van der Waals surface area contributed by atoms with Gasteiger partial charge in [-0.25, -0.2) is 4.98 Å². The largest absolute Gasteiger partial charge is 0.349 e. The Kier molecular flexibility index (Phi) is 3.62. The standard InChI is InChI=1S/C9H16N4O/c1-6(2)4-9(14)10-5-8-11-7(3)12-13-8/h6H,4-5H2,1-3H3,(H,10,14)(H,11,12,13). The molecule has 0 aliphatic carbocycles. The van der Waals surface area contributed by atoms with Crippen molar-refractivity contribution in [1.29, 1.82) is 0 Å². The summed E-state index contributed by atoms with van der Waals surface area (Å²) in [5.41, 5.74) is 0. The van der Waals surface area contributed by atoms with Gasteiger partial charge in [0.05, 0.1) is 6.54 Å². The zero-order chi connectivity index (χ0) is 10.6. The molecule has 78 valence electrons. The van der Waals surface area contributed by atoms with Crippen molar-refractivity contribution in [3.8, 4) is 0 Å². The molecule has 5 heteroatoms. The number of hydrogen-bond donors (Lipinski definition) is 2. The second kappa shape index (κ2) is 4.74. The van der Waals surface area contributed by atoms with E-state index in [9.17, 15) is 4.79 Å². The van der Waals surface area contributed by atoms with Crippen molar-refractivity contribution in [1.82, 2.24) is 20.5 Å². The zero-order valence-corrected chi connectivity index (χ0v) is 8.79. The SMILES string of the molecule is Cc1nc(CNC(=O)CC(C)C)n[nH]1. The molecule has 1 heterocycles. The molecule has 1 aromatic heterocycles. The monoisotopic (exact) mass is 196 g/mol. The van der Waals surface area contributed by atoms with Crippen molar-refractivity contribution in [2.75, 3.05) is 0 Å². The third kappa shape index (κ3) is 3.55. The third-order valence-electron chi connectivity index (χ3n) is 1.68. The van der Waals surface area contributed by atoms with Crippen LogP contribution < -0.4 is 5.32 Å². The molecule has 0 bridgehead atoms. The van der Waals surface area contributed by atoms with Gasteiger partial charge in [0, 0.05) is 6.42 Å². The highest BCUT2D eigenvalue weighted by Gasteiger charge is 2.05. The number of rotatable bonds is 4. The fourth-order valence-corrected chi connectivity index (χ4v) is 1.09. The van der Waals surface area contributed by atoms with Gasteiger partial charge in [-0.3, -0.25) is 9.89 Å². The minimum atomic E-state index is 0.0439. The van der Waals surface area contributed by atoms with E-state index in [0.29, 0.717) is 24.7 Å². The van der Waals surface area contributed by atoms with Gasteiger partial charge in [0.2, 0.25) is 5.91 Å². The Morgan fingerprint density at radius 1 is 1.57 bits per heavy atom. The van der Waals surface area contributed by atoms with Crippen molar-refractivity contribution in [3.05, 3.63) is 11.6 Å². The summed E-state index contributed by atoms with van der Waals surface area (Å²) in [6.07, 6.45) is 0.545. The number of carbonyl (C=O) groups is 1. The number of carbonyl (C=O) groups excluding carboxylic acids is 1. The molecule has 0 aliphatic rings. The van der Waals surface area contributed by atoms with E-state index in [-0.39, 0.29) is 5.91 Å². The van der Waals surface area contributed by atoms with Crippen LogP contribution in [0.1, 0.15) is 31.9 Å². The first-order valence-electron chi connectivity index (χ1n) is 4.72. The summed E-state index contributed by atoms with van der Waals surface area (Å²) in [5, 5.41) is 9.40. The van der Waals surface area contributed by atoms with Crippen molar-refractivity contribution in [3.63, 3.8) is 0 Å². The minimum absolute atomic E-state index is 0.0439. The van der Waals surface area contributed by atoms with Gasteiger partial charge in [-0.2, -0.15) is 5.10 Å². The molecule has 0 radical (unpaired) electrons. The number of aromatic nitrogens is 3. The summed E-state index contributed by atoms with van der Waals surface area (Å²) in [7, 11) is 0. The van der Waals surface area contributed by atoms with E-state index in [1.54, 1.807) is 0 Å². The van der Waals surface area contributed by atoms with Crippen LogP contribution in [-0.2, 0) is 11.3 Å². The average Bonchev–Trinajstić information content (AvgIpc) is 2.47. The van der Waals surface area contributed by atoms with Gasteiger partial charge >= 0.3 is 0 Å². The molecule has 1 aromatic rings. The highest BCUT2D eigenvalue weighted by molar-refractivity contribution is 5.75. The van der Waals surface area contributed by atoms with Gasteiger partial charge in [0.1, 0.15) is 5.82 Å². The fourth-order valence-electron chi connectivity index (χ4n) is 1.09. The van der Waals surface area contributed by atoms with Crippen LogP contribution in [0, 0.1) is 12.8 Å². The van der Waals surface area contributed by atoms with Crippen LogP contribution in [0.5, 0.6) is 0 Å². The molecule has 0 fully saturated rings. The first-order chi connectivity index (χ1) is 6.58. The minimum Gasteiger partial charge on any atom is -0.349 e. The molecule has 0 atom stereocenters. The molecule has 0 saturated carbocycles. The zero-order valence-electron chi connectivity index (χ0n) is 8.79. The first-order valence-corrected chi connectivity index (χ1v) is 4.72. The third-order valence-corrected chi connectivity index (χ3v) is 1.68. The summed E-state index contributed by atoms with van der Waals surface area (Å²) in [6.45, 7) is 6.25. The molecule has 5 nitrogen and oxygen atoms in total. The maximum atomic E-state index is 11.3. The molecule has 0 spiro atoms. The van der Waals surface area contributed by atoms with E-state index in [4.69, 9.17) is 0 Å².